The summed E-state index contributed by atoms with van der Waals surface area (Å²) in [6.45, 7) is 6.96. The topological polar surface area (TPSA) is 0 Å². The second-order valence-corrected chi connectivity index (χ2v) is 16.6. The molecule has 0 heterocycles. The number of hydrogen-bond acceptors (Lipinski definition) is 0. The molecule has 0 radical (unpaired) electrons. The molecule has 0 aliphatic carbocycles. The van der Waals surface area contributed by atoms with Gasteiger partial charge in [-0.2, -0.15) is 0 Å². The van der Waals surface area contributed by atoms with Gasteiger partial charge < -0.3 is 0 Å². The molecule has 0 atom stereocenters. The van der Waals surface area contributed by atoms with Gasteiger partial charge in [-0.3, -0.25) is 0 Å². The number of rotatable bonds is 8. The maximum atomic E-state index is 4.23. The summed E-state index contributed by atoms with van der Waals surface area (Å²) >= 11 is 7.87. The third-order valence-corrected chi connectivity index (χ3v) is 14.3. The molecule has 88 valence electrons. The second-order valence-electron chi connectivity index (χ2n) is 4.40. The van der Waals surface area contributed by atoms with Crippen molar-refractivity contribution in [1.29, 1.82) is 0 Å². The van der Waals surface area contributed by atoms with Crippen LogP contribution in [0, 0.1) is 0 Å². The minimum absolute atomic E-state index is 1.16. The molecular formula is C11H25Br2P. The molecule has 0 bridgehead atoms. The summed E-state index contributed by atoms with van der Waals surface area (Å²) in [6.07, 6.45) is 9.65. The number of alkyl halides is 1. The van der Waals surface area contributed by atoms with E-state index in [0.29, 0.717) is 0 Å². The van der Waals surface area contributed by atoms with Crippen LogP contribution in [0.4, 0.5) is 0 Å². The van der Waals surface area contributed by atoms with Gasteiger partial charge in [-0.25, -0.2) is 0 Å². The fourth-order valence-corrected chi connectivity index (χ4v) is 15.6. The molecule has 0 unspecified atom stereocenters. The van der Waals surface area contributed by atoms with Crippen LogP contribution in [0.25, 0.3) is 0 Å². The molecule has 0 saturated heterocycles. The first kappa shape index (κ1) is 15.4. The van der Waals surface area contributed by atoms with Gasteiger partial charge >= 0.3 is 107 Å². The molecule has 0 nitrogen and oxygen atoms in total. The van der Waals surface area contributed by atoms with Gasteiger partial charge in [-0.05, 0) is 0 Å². The number of hydrogen-bond donors (Lipinski definition) is 0. The zero-order chi connectivity index (χ0) is 11.1. The summed E-state index contributed by atoms with van der Waals surface area (Å²) in [4.78, 5) is 0. The first-order valence-corrected chi connectivity index (χ1v) is 11.9. The van der Waals surface area contributed by atoms with Crippen molar-refractivity contribution >= 4 is 36.7 Å². The van der Waals surface area contributed by atoms with E-state index in [-0.39, 0.29) is 0 Å². The van der Waals surface area contributed by atoms with Gasteiger partial charge in [0.25, 0.3) is 0 Å². The third kappa shape index (κ3) is 4.49. The van der Waals surface area contributed by atoms with Crippen LogP contribution in [0.15, 0.2) is 0 Å². The van der Waals surface area contributed by atoms with E-state index < -0.39 is 5.31 Å². The van der Waals surface area contributed by atoms with Gasteiger partial charge in [0.2, 0.25) is 0 Å². The van der Waals surface area contributed by atoms with E-state index in [0.717, 1.165) is 5.33 Å². The van der Waals surface area contributed by atoms with Crippen molar-refractivity contribution in [3.63, 3.8) is 0 Å². The Morgan fingerprint density at radius 3 is 1.36 bits per heavy atom. The molecule has 0 aromatic heterocycles. The Morgan fingerprint density at radius 2 is 1.14 bits per heavy atom. The van der Waals surface area contributed by atoms with Crippen molar-refractivity contribution < 1.29 is 0 Å². The molecule has 0 aliphatic heterocycles. The standard InChI is InChI=1S/C11H25Br2P/c1-4-8-14(13,9-5-2,10-6-3)11-7-12/h4-11H2,1-3H3. The molecule has 0 spiro atoms. The molecule has 0 saturated carbocycles. The number of halogens is 2. The Hall–Kier alpha value is 1.39. The van der Waals surface area contributed by atoms with Gasteiger partial charge in [-0.15, -0.1) is 0 Å². The van der Waals surface area contributed by atoms with Crippen LogP contribution in [-0.4, -0.2) is 30.0 Å². The monoisotopic (exact) mass is 346 g/mol. The fraction of sp³-hybridized carbons (Fsp3) is 1.00. The van der Waals surface area contributed by atoms with Crippen LogP contribution in [0.1, 0.15) is 40.0 Å². The van der Waals surface area contributed by atoms with Crippen molar-refractivity contribution in [2.45, 2.75) is 40.0 Å². The Bertz CT molecular complexity index is 124. The van der Waals surface area contributed by atoms with E-state index >= 15 is 0 Å². The molecule has 14 heavy (non-hydrogen) atoms. The molecule has 0 aromatic carbocycles. The van der Waals surface area contributed by atoms with Crippen LogP contribution in [0.5, 0.6) is 0 Å². The fourth-order valence-electron chi connectivity index (χ4n) is 2.56. The van der Waals surface area contributed by atoms with Crippen molar-refractivity contribution in [3.05, 3.63) is 0 Å². The van der Waals surface area contributed by atoms with Crippen LogP contribution in [0.3, 0.4) is 0 Å². The summed E-state index contributed by atoms with van der Waals surface area (Å²) < 4.78 is 0. The van der Waals surface area contributed by atoms with E-state index in [1.165, 1.54) is 43.9 Å². The van der Waals surface area contributed by atoms with Crippen LogP contribution in [0.2, 0.25) is 0 Å². The summed E-state index contributed by atoms with van der Waals surface area (Å²) in [5.74, 6) is 0. The normalized spacial score (nSPS) is 15.1. The zero-order valence-electron chi connectivity index (χ0n) is 9.86. The molecule has 0 aromatic rings. The van der Waals surface area contributed by atoms with E-state index in [1.807, 2.05) is 0 Å². The van der Waals surface area contributed by atoms with E-state index in [9.17, 15) is 0 Å². The first-order valence-electron chi connectivity index (χ1n) is 5.82. The second kappa shape index (κ2) is 6.86. The Labute approximate surface area is 106 Å². The molecule has 3 heteroatoms. The van der Waals surface area contributed by atoms with Gasteiger partial charge in [0.15, 0.2) is 0 Å². The average molecular weight is 348 g/mol. The maximum absolute atomic E-state index is 4.23. The SMILES string of the molecule is CCCP(Br)(CCC)(CCC)CCBr. The average Bonchev–Trinajstić information content (AvgIpc) is 2.05. The molecule has 0 rings (SSSR count). The molecular weight excluding hydrogens is 323 g/mol. The van der Waals surface area contributed by atoms with Crippen molar-refractivity contribution in [2.24, 2.45) is 0 Å². The summed E-state index contributed by atoms with van der Waals surface area (Å²) in [6, 6.07) is 0. The molecule has 0 fully saturated rings. The molecule has 0 amide bonds. The van der Waals surface area contributed by atoms with Gasteiger partial charge in [0.05, 0.1) is 0 Å². The predicted molar refractivity (Wildman–Crippen MR) is 80.0 cm³/mol. The summed E-state index contributed by atoms with van der Waals surface area (Å²) in [7, 11) is 0. The first-order chi connectivity index (χ1) is 6.54. The van der Waals surface area contributed by atoms with Gasteiger partial charge in [0, 0.05) is 0 Å². The Morgan fingerprint density at radius 1 is 0.786 bits per heavy atom. The van der Waals surface area contributed by atoms with E-state index in [2.05, 4.69) is 52.2 Å². The van der Waals surface area contributed by atoms with Crippen molar-refractivity contribution in [1.82, 2.24) is 0 Å². The quantitative estimate of drug-likeness (QED) is 0.403. The van der Waals surface area contributed by atoms with E-state index in [1.54, 1.807) is 0 Å². The van der Waals surface area contributed by atoms with Crippen LogP contribution in [-0.2, 0) is 0 Å². The minimum atomic E-state index is -1.50. The van der Waals surface area contributed by atoms with Crippen molar-refractivity contribution in [3.8, 4) is 0 Å². The Kier molecular flexibility index (Phi) is 7.54. The predicted octanol–water partition coefficient (Wildman–Crippen LogP) is 5.47. The molecule has 0 aliphatic rings. The van der Waals surface area contributed by atoms with Crippen molar-refractivity contribution in [2.75, 3.05) is 30.0 Å². The van der Waals surface area contributed by atoms with Crippen LogP contribution < -0.4 is 0 Å². The van der Waals surface area contributed by atoms with E-state index in [4.69, 9.17) is 0 Å². The van der Waals surface area contributed by atoms with Gasteiger partial charge in [-0.1, -0.05) is 0 Å². The third-order valence-electron chi connectivity index (χ3n) is 2.99. The van der Waals surface area contributed by atoms with Crippen LogP contribution >= 0.6 is 36.7 Å². The van der Waals surface area contributed by atoms with Gasteiger partial charge in [0.1, 0.15) is 0 Å². The zero-order valence-corrected chi connectivity index (χ0v) is 13.9. The Balaban J connectivity index is 4.69. The molecule has 0 N–H and O–H groups in total. The summed E-state index contributed by atoms with van der Waals surface area (Å²) in [5, 5.41) is -0.341. The summed E-state index contributed by atoms with van der Waals surface area (Å²) in [5.41, 5.74) is 0.